The van der Waals surface area contributed by atoms with E-state index < -0.39 is 22.4 Å². The molecule has 10 heteroatoms. The summed E-state index contributed by atoms with van der Waals surface area (Å²) in [4.78, 5) is 24.5. The first-order chi connectivity index (χ1) is 11.7. The van der Waals surface area contributed by atoms with Crippen molar-refractivity contribution in [2.75, 3.05) is 18.9 Å². The Labute approximate surface area is 145 Å². The summed E-state index contributed by atoms with van der Waals surface area (Å²) in [6, 6.07) is 5.84. The summed E-state index contributed by atoms with van der Waals surface area (Å²) >= 11 is 1.48. The first-order valence-electron chi connectivity index (χ1n) is 7.04. The van der Waals surface area contributed by atoms with Crippen molar-refractivity contribution in [1.82, 2.24) is 4.90 Å². The molecule has 0 saturated heterocycles. The van der Waals surface area contributed by atoms with Crippen LogP contribution in [0.5, 0.6) is 0 Å². The second-order valence-corrected chi connectivity index (χ2v) is 6.20. The average Bonchev–Trinajstić information content (AvgIpc) is 3.04. The quantitative estimate of drug-likeness (QED) is 0.618. The predicted octanol–water partition coefficient (Wildman–Crippen LogP) is 3.75. The third-order valence-corrected chi connectivity index (χ3v) is 4.21. The molecule has 0 spiro atoms. The van der Waals surface area contributed by atoms with Gasteiger partial charge in [-0.3, -0.25) is 14.9 Å². The molecule has 0 unspecified atom stereocenters. The van der Waals surface area contributed by atoms with Gasteiger partial charge in [0.2, 0.25) is 5.91 Å². The van der Waals surface area contributed by atoms with Crippen molar-refractivity contribution in [3.63, 3.8) is 0 Å². The van der Waals surface area contributed by atoms with E-state index in [1.54, 1.807) is 7.05 Å². The second-order valence-electron chi connectivity index (χ2n) is 5.17. The van der Waals surface area contributed by atoms with Crippen molar-refractivity contribution in [2.45, 2.75) is 12.7 Å². The Hall–Kier alpha value is -2.62. The summed E-state index contributed by atoms with van der Waals surface area (Å²) in [6.07, 6.45) is -4.68. The number of carbonyl (C=O) groups is 1. The molecule has 134 valence electrons. The molecule has 0 aliphatic heterocycles. The molecule has 1 N–H and O–H groups in total. The minimum Gasteiger partial charge on any atom is -0.371 e. The highest BCUT2D eigenvalue weighted by molar-refractivity contribution is 7.09. The van der Waals surface area contributed by atoms with E-state index in [9.17, 15) is 28.1 Å². The predicted molar refractivity (Wildman–Crippen MR) is 87.4 cm³/mol. The van der Waals surface area contributed by atoms with E-state index in [4.69, 9.17) is 0 Å². The van der Waals surface area contributed by atoms with Crippen molar-refractivity contribution >= 4 is 28.6 Å². The highest BCUT2D eigenvalue weighted by Gasteiger charge is 2.33. The Morgan fingerprint density at radius 2 is 2.08 bits per heavy atom. The van der Waals surface area contributed by atoms with Gasteiger partial charge in [-0.25, -0.2) is 0 Å². The molecule has 0 radical (unpaired) electrons. The number of hydrogen-bond donors (Lipinski definition) is 1. The summed E-state index contributed by atoms with van der Waals surface area (Å²) in [7, 11) is 1.57. The molecule has 0 aliphatic rings. The minimum atomic E-state index is -4.68. The Bertz CT molecular complexity index is 763. The largest absolute Gasteiger partial charge is 0.416 e. The van der Waals surface area contributed by atoms with E-state index >= 15 is 0 Å². The molecule has 0 fully saturated rings. The van der Waals surface area contributed by atoms with Gasteiger partial charge in [-0.1, -0.05) is 6.07 Å². The van der Waals surface area contributed by atoms with Crippen LogP contribution in [0.3, 0.4) is 0 Å². The van der Waals surface area contributed by atoms with E-state index in [0.717, 1.165) is 17.0 Å². The molecule has 6 nitrogen and oxygen atoms in total. The van der Waals surface area contributed by atoms with Crippen molar-refractivity contribution in [3.05, 3.63) is 56.3 Å². The van der Waals surface area contributed by atoms with Crippen molar-refractivity contribution in [3.8, 4) is 0 Å². The molecular formula is C15H14F3N3O3S. The molecule has 2 rings (SSSR count). The van der Waals surface area contributed by atoms with E-state index in [1.165, 1.54) is 16.2 Å². The van der Waals surface area contributed by atoms with Gasteiger partial charge >= 0.3 is 6.18 Å². The summed E-state index contributed by atoms with van der Waals surface area (Å²) in [6.45, 7) is 0.112. The van der Waals surface area contributed by atoms with Gasteiger partial charge in [0.05, 0.1) is 23.6 Å². The van der Waals surface area contributed by atoms with Gasteiger partial charge in [0, 0.05) is 18.0 Å². The Balaban J connectivity index is 2.06. The standard InChI is InChI=1S/C15H14F3N3O3S/c1-20(9-11-3-2-6-25-11)14(22)8-19-12-5-4-10(15(16,17)18)7-13(12)21(23)24/h2-7,19H,8-9H2,1H3. The number of likely N-dealkylation sites (N-methyl/N-ethyl adjacent to an activating group) is 1. The molecular weight excluding hydrogens is 359 g/mol. The SMILES string of the molecule is CN(Cc1cccs1)C(=O)CNc1ccc(C(F)(F)F)cc1[N+](=O)[O-]. The number of amides is 1. The summed E-state index contributed by atoms with van der Waals surface area (Å²) in [5.41, 5.74) is -2.00. The third kappa shape index (κ3) is 4.92. The monoisotopic (exact) mass is 373 g/mol. The van der Waals surface area contributed by atoms with Gasteiger partial charge in [0.25, 0.3) is 5.69 Å². The zero-order chi connectivity index (χ0) is 18.6. The number of thiophene rings is 1. The highest BCUT2D eigenvalue weighted by atomic mass is 32.1. The lowest BCUT2D eigenvalue weighted by Crippen LogP contribution is -2.31. The van der Waals surface area contributed by atoms with Crippen LogP contribution in [0.2, 0.25) is 0 Å². The first-order valence-corrected chi connectivity index (χ1v) is 7.92. The summed E-state index contributed by atoms with van der Waals surface area (Å²) < 4.78 is 38.0. The minimum absolute atomic E-state index is 0.143. The number of alkyl halides is 3. The lowest BCUT2D eigenvalue weighted by atomic mass is 10.1. The van der Waals surface area contributed by atoms with Crippen LogP contribution in [0.25, 0.3) is 0 Å². The van der Waals surface area contributed by atoms with Crippen molar-refractivity contribution in [2.24, 2.45) is 0 Å². The summed E-state index contributed by atoms with van der Waals surface area (Å²) in [5.74, 6) is -0.345. The molecule has 1 heterocycles. The van der Waals surface area contributed by atoms with Crippen LogP contribution in [-0.2, 0) is 17.5 Å². The number of benzene rings is 1. The van der Waals surface area contributed by atoms with Crippen LogP contribution in [0.15, 0.2) is 35.7 Å². The van der Waals surface area contributed by atoms with E-state index in [0.29, 0.717) is 12.6 Å². The van der Waals surface area contributed by atoms with Gasteiger partial charge in [-0.05, 0) is 23.6 Å². The lowest BCUT2D eigenvalue weighted by molar-refractivity contribution is -0.384. The van der Waals surface area contributed by atoms with Gasteiger partial charge in [0.1, 0.15) is 5.69 Å². The molecule has 1 aromatic carbocycles. The molecule has 25 heavy (non-hydrogen) atoms. The highest BCUT2D eigenvalue weighted by Crippen LogP contribution is 2.34. The van der Waals surface area contributed by atoms with Gasteiger partial charge in [-0.2, -0.15) is 13.2 Å². The first kappa shape index (κ1) is 18.7. The van der Waals surface area contributed by atoms with Crippen LogP contribution in [0.1, 0.15) is 10.4 Å². The smallest absolute Gasteiger partial charge is 0.371 e. The number of nitro groups is 1. The number of nitrogens with zero attached hydrogens (tertiary/aromatic N) is 2. The zero-order valence-corrected chi connectivity index (χ0v) is 13.9. The number of anilines is 1. The third-order valence-electron chi connectivity index (χ3n) is 3.35. The topological polar surface area (TPSA) is 75.5 Å². The number of carbonyl (C=O) groups excluding carboxylic acids is 1. The lowest BCUT2D eigenvalue weighted by Gasteiger charge is -2.17. The molecule has 0 saturated carbocycles. The molecule has 1 aromatic heterocycles. The van der Waals surface area contributed by atoms with Crippen LogP contribution in [0.4, 0.5) is 24.5 Å². The van der Waals surface area contributed by atoms with Gasteiger partial charge in [-0.15, -0.1) is 11.3 Å². The summed E-state index contributed by atoms with van der Waals surface area (Å²) in [5, 5.41) is 15.4. The number of halogens is 3. The molecule has 2 aromatic rings. The van der Waals surface area contributed by atoms with E-state index in [-0.39, 0.29) is 18.1 Å². The number of rotatable bonds is 6. The van der Waals surface area contributed by atoms with Gasteiger partial charge < -0.3 is 10.2 Å². The number of hydrogen-bond acceptors (Lipinski definition) is 5. The number of nitrogens with one attached hydrogen (secondary N) is 1. The second kappa shape index (κ2) is 7.51. The molecule has 0 atom stereocenters. The fourth-order valence-corrected chi connectivity index (χ4v) is 2.80. The Kier molecular flexibility index (Phi) is 5.62. The molecule has 0 aliphatic carbocycles. The maximum absolute atomic E-state index is 12.7. The Morgan fingerprint density at radius 3 is 2.64 bits per heavy atom. The Morgan fingerprint density at radius 1 is 1.36 bits per heavy atom. The zero-order valence-electron chi connectivity index (χ0n) is 13.0. The molecule has 1 amide bonds. The van der Waals surface area contributed by atoms with Crippen molar-refractivity contribution in [1.29, 1.82) is 0 Å². The maximum Gasteiger partial charge on any atom is 0.416 e. The van der Waals surface area contributed by atoms with Gasteiger partial charge in [0.15, 0.2) is 0 Å². The van der Waals surface area contributed by atoms with E-state index in [2.05, 4.69) is 5.32 Å². The fourth-order valence-electron chi connectivity index (χ4n) is 2.04. The average molecular weight is 373 g/mol. The van der Waals surface area contributed by atoms with Crippen LogP contribution >= 0.6 is 11.3 Å². The van der Waals surface area contributed by atoms with E-state index in [1.807, 2.05) is 17.5 Å². The van der Waals surface area contributed by atoms with Crippen LogP contribution in [-0.4, -0.2) is 29.3 Å². The van der Waals surface area contributed by atoms with Crippen molar-refractivity contribution < 1.29 is 22.9 Å². The van der Waals surface area contributed by atoms with Crippen LogP contribution in [0, 0.1) is 10.1 Å². The maximum atomic E-state index is 12.7. The fraction of sp³-hybridized carbons (Fsp3) is 0.267. The molecule has 0 bridgehead atoms. The number of nitro benzene ring substituents is 1. The normalized spacial score (nSPS) is 11.2. The van der Waals surface area contributed by atoms with Crippen LogP contribution < -0.4 is 5.32 Å².